The van der Waals surface area contributed by atoms with Crippen molar-refractivity contribution < 1.29 is 23.8 Å². The van der Waals surface area contributed by atoms with E-state index in [-0.39, 0.29) is 29.5 Å². The highest BCUT2D eigenvalue weighted by molar-refractivity contribution is 5.87. The van der Waals surface area contributed by atoms with Gasteiger partial charge < -0.3 is 15.2 Å². The molecule has 1 amide bonds. The van der Waals surface area contributed by atoms with Crippen LogP contribution in [0.4, 0.5) is 4.39 Å². The summed E-state index contributed by atoms with van der Waals surface area (Å²) in [6.07, 6.45) is 2.22. The minimum Gasteiger partial charge on any atom is -0.480 e. The lowest BCUT2D eigenvalue weighted by Gasteiger charge is -2.28. The number of carboxylic acids is 1. The second kappa shape index (κ2) is 6.66. The number of halogens is 1. The first-order valence-electron chi connectivity index (χ1n) is 7.92. The molecule has 1 aliphatic heterocycles. The molecule has 1 aromatic rings. The zero-order chi connectivity index (χ0) is 16.4. The van der Waals surface area contributed by atoms with Crippen molar-refractivity contribution in [1.29, 1.82) is 0 Å². The Hall–Kier alpha value is -1.95. The number of carbonyl (C=O) groups is 2. The molecule has 4 atom stereocenters. The second-order valence-electron chi connectivity index (χ2n) is 6.30. The molecule has 124 valence electrons. The Morgan fingerprint density at radius 2 is 2.04 bits per heavy atom. The quantitative estimate of drug-likeness (QED) is 0.869. The molecular formula is C17H20FNO4. The molecule has 1 aromatic carbocycles. The molecular weight excluding hydrogens is 301 g/mol. The molecule has 0 bridgehead atoms. The Labute approximate surface area is 133 Å². The average Bonchev–Trinajstić information content (AvgIpc) is 3.34. The first-order chi connectivity index (χ1) is 11.1. The summed E-state index contributed by atoms with van der Waals surface area (Å²) in [6.45, 7) is 1.01. The highest BCUT2D eigenvalue weighted by atomic mass is 19.1. The Morgan fingerprint density at radius 3 is 2.65 bits per heavy atom. The van der Waals surface area contributed by atoms with Gasteiger partial charge in [-0.1, -0.05) is 12.1 Å². The van der Waals surface area contributed by atoms with E-state index in [0.29, 0.717) is 19.6 Å². The molecule has 1 heterocycles. The van der Waals surface area contributed by atoms with Gasteiger partial charge in [-0.05, 0) is 42.9 Å². The van der Waals surface area contributed by atoms with Crippen molar-refractivity contribution in [3.63, 3.8) is 0 Å². The van der Waals surface area contributed by atoms with Gasteiger partial charge in [-0.15, -0.1) is 0 Å². The van der Waals surface area contributed by atoms with Crippen LogP contribution in [0.3, 0.4) is 0 Å². The fourth-order valence-corrected chi connectivity index (χ4v) is 3.23. The summed E-state index contributed by atoms with van der Waals surface area (Å²) in [5.41, 5.74) is 0.916. The number of benzene rings is 1. The van der Waals surface area contributed by atoms with Gasteiger partial charge in [-0.2, -0.15) is 0 Å². The van der Waals surface area contributed by atoms with E-state index in [0.717, 1.165) is 18.4 Å². The standard InChI is InChI=1S/C17H20FNO4/c18-12-5-3-10(4-6-12)13-8-14(13)16(20)19-15(17(21)22)11-2-1-7-23-9-11/h3-6,11,13-15H,1-2,7-9H2,(H,19,20)(H,21,22). The third kappa shape index (κ3) is 3.69. The number of rotatable bonds is 5. The van der Waals surface area contributed by atoms with Crippen molar-refractivity contribution in [3.05, 3.63) is 35.6 Å². The van der Waals surface area contributed by atoms with Crippen LogP contribution in [0.2, 0.25) is 0 Å². The van der Waals surface area contributed by atoms with Crippen LogP contribution >= 0.6 is 0 Å². The van der Waals surface area contributed by atoms with Crippen molar-refractivity contribution in [1.82, 2.24) is 5.32 Å². The Balaban J connectivity index is 1.59. The van der Waals surface area contributed by atoms with Crippen LogP contribution in [0.15, 0.2) is 24.3 Å². The van der Waals surface area contributed by atoms with Crippen molar-refractivity contribution in [3.8, 4) is 0 Å². The zero-order valence-electron chi connectivity index (χ0n) is 12.7. The molecule has 0 spiro atoms. The highest BCUT2D eigenvalue weighted by Crippen LogP contribution is 2.47. The summed E-state index contributed by atoms with van der Waals surface area (Å²) < 4.78 is 18.3. The van der Waals surface area contributed by atoms with Gasteiger partial charge in [-0.25, -0.2) is 9.18 Å². The minimum absolute atomic E-state index is 0.0488. The number of amides is 1. The Bertz CT molecular complexity index is 583. The van der Waals surface area contributed by atoms with Gasteiger partial charge >= 0.3 is 5.97 Å². The van der Waals surface area contributed by atoms with E-state index in [1.165, 1.54) is 12.1 Å². The van der Waals surface area contributed by atoms with E-state index in [9.17, 15) is 19.1 Å². The van der Waals surface area contributed by atoms with E-state index in [4.69, 9.17) is 4.74 Å². The van der Waals surface area contributed by atoms with Crippen LogP contribution in [0.25, 0.3) is 0 Å². The number of hydrogen-bond acceptors (Lipinski definition) is 3. The van der Waals surface area contributed by atoms with E-state index < -0.39 is 12.0 Å². The molecule has 4 unspecified atom stereocenters. The van der Waals surface area contributed by atoms with Crippen molar-refractivity contribution in [2.75, 3.05) is 13.2 Å². The predicted molar refractivity (Wildman–Crippen MR) is 80.4 cm³/mol. The highest BCUT2D eigenvalue weighted by Gasteiger charge is 2.45. The first kappa shape index (κ1) is 15.9. The topological polar surface area (TPSA) is 75.6 Å². The van der Waals surface area contributed by atoms with Gasteiger partial charge in [0.25, 0.3) is 0 Å². The van der Waals surface area contributed by atoms with Crippen LogP contribution in [0, 0.1) is 17.7 Å². The molecule has 0 radical (unpaired) electrons. The van der Waals surface area contributed by atoms with Crippen LogP contribution in [-0.2, 0) is 14.3 Å². The molecule has 1 saturated carbocycles. The van der Waals surface area contributed by atoms with E-state index in [2.05, 4.69) is 5.32 Å². The Kier molecular flexibility index (Phi) is 4.61. The fraction of sp³-hybridized carbons (Fsp3) is 0.529. The van der Waals surface area contributed by atoms with Crippen LogP contribution in [-0.4, -0.2) is 36.2 Å². The summed E-state index contributed by atoms with van der Waals surface area (Å²) >= 11 is 0. The number of carbonyl (C=O) groups excluding carboxylic acids is 1. The molecule has 5 nitrogen and oxygen atoms in total. The Morgan fingerprint density at radius 1 is 1.30 bits per heavy atom. The first-order valence-corrected chi connectivity index (χ1v) is 7.92. The maximum atomic E-state index is 12.9. The van der Waals surface area contributed by atoms with Crippen LogP contribution < -0.4 is 5.32 Å². The SMILES string of the molecule is O=C(NC(C(=O)O)C1CCCOC1)C1CC1c1ccc(F)cc1. The lowest BCUT2D eigenvalue weighted by atomic mass is 9.93. The smallest absolute Gasteiger partial charge is 0.326 e. The van der Waals surface area contributed by atoms with Crippen molar-refractivity contribution in [2.24, 2.45) is 11.8 Å². The van der Waals surface area contributed by atoms with Crippen LogP contribution in [0.1, 0.15) is 30.7 Å². The molecule has 2 fully saturated rings. The lowest BCUT2D eigenvalue weighted by molar-refractivity contribution is -0.145. The molecule has 2 aliphatic rings. The molecule has 3 rings (SSSR count). The summed E-state index contributed by atoms with van der Waals surface area (Å²) in [5.74, 6) is -1.93. The average molecular weight is 321 g/mol. The third-order valence-corrected chi connectivity index (χ3v) is 4.66. The molecule has 1 saturated heterocycles. The van der Waals surface area contributed by atoms with Gasteiger partial charge in [0.1, 0.15) is 11.9 Å². The van der Waals surface area contributed by atoms with Crippen LogP contribution in [0.5, 0.6) is 0 Å². The van der Waals surface area contributed by atoms with E-state index in [1.54, 1.807) is 12.1 Å². The molecule has 6 heteroatoms. The zero-order valence-corrected chi connectivity index (χ0v) is 12.7. The second-order valence-corrected chi connectivity index (χ2v) is 6.30. The van der Waals surface area contributed by atoms with Crippen molar-refractivity contribution >= 4 is 11.9 Å². The maximum Gasteiger partial charge on any atom is 0.326 e. The number of carboxylic acid groups (broad SMARTS) is 1. The molecule has 2 N–H and O–H groups in total. The normalized spacial score (nSPS) is 28.0. The maximum absolute atomic E-state index is 12.9. The predicted octanol–water partition coefficient (Wildman–Crippen LogP) is 1.93. The monoisotopic (exact) mass is 321 g/mol. The largest absolute Gasteiger partial charge is 0.480 e. The molecule has 1 aliphatic carbocycles. The number of hydrogen-bond donors (Lipinski definition) is 2. The minimum atomic E-state index is -1.02. The lowest BCUT2D eigenvalue weighted by Crippen LogP contribution is -2.49. The molecule has 0 aromatic heterocycles. The third-order valence-electron chi connectivity index (χ3n) is 4.66. The van der Waals surface area contributed by atoms with E-state index in [1.807, 2.05) is 0 Å². The van der Waals surface area contributed by atoms with Crippen molar-refractivity contribution in [2.45, 2.75) is 31.2 Å². The van der Waals surface area contributed by atoms with Gasteiger partial charge in [0, 0.05) is 18.4 Å². The van der Waals surface area contributed by atoms with Gasteiger partial charge in [0.2, 0.25) is 5.91 Å². The summed E-state index contributed by atoms with van der Waals surface area (Å²) in [7, 11) is 0. The van der Waals surface area contributed by atoms with E-state index >= 15 is 0 Å². The summed E-state index contributed by atoms with van der Waals surface area (Å²) in [6, 6.07) is 5.20. The van der Waals surface area contributed by atoms with Gasteiger partial charge in [0.05, 0.1) is 6.61 Å². The number of ether oxygens (including phenoxy) is 1. The van der Waals surface area contributed by atoms with Gasteiger partial charge in [-0.3, -0.25) is 4.79 Å². The number of aliphatic carboxylic acids is 1. The molecule has 23 heavy (non-hydrogen) atoms. The fourth-order valence-electron chi connectivity index (χ4n) is 3.23. The summed E-state index contributed by atoms with van der Waals surface area (Å²) in [4.78, 5) is 23.8. The number of nitrogens with one attached hydrogen (secondary N) is 1. The summed E-state index contributed by atoms with van der Waals surface area (Å²) in [5, 5.41) is 12.0. The van der Waals surface area contributed by atoms with Gasteiger partial charge in [0.15, 0.2) is 0 Å².